The lowest BCUT2D eigenvalue weighted by Gasteiger charge is -2.03. The number of nitrogens with zero attached hydrogens (tertiary/aromatic N) is 2. The SMILES string of the molecule is Nc1cc(=O)[nH]c(Sc2ccc(N)c(N)n2)n1. The smallest absolute Gasteiger partial charge is 0.253 e. The van der Waals surface area contributed by atoms with E-state index in [9.17, 15) is 4.79 Å². The Morgan fingerprint density at radius 1 is 1.18 bits per heavy atom. The van der Waals surface area contributed by atoms with E-state index in [0.717, 1.165) is 11.8 Å². The van der Waals surface area contributed by atoms with Gasteiger partial charge in [0.15, 0.2) is 5.16 Å². The summed E-state index contributed by atoms with van der Waals surface area (Å²) in [4.78, 5) is 21.7. The molecule has 0 aliphatic rings. The first-order valence-electron chi connectivity index (χ1n) is 4.61. The van der Waals surface area contributed by atoms with Gasteiger partial charge in [0.05, 0.1) is 5.69 Å². The maximum absolute atomic E-state index is 11.2. The van der Waals surface area contributed by atoms with Crippen LogP contribution in [0.5, 0.6) is 0 Å². The van der Waals surface area contributed by atoms with Crippen LogP contribution in [0.1, 0.15) is 0 Å². The second-order valence-corrected chi connectivity index (χ2v) is 4.21. The van der Waals surface area contributed by atoms with Gasteiger partial charge in [-0.25, -0.2) is 9.97 Å². The molecule has 0 atom stereocenters. The minimum atomic E-state index is -0.316. The van der Waals surface area contributed by atoms with E-state index in [1.807, 2.05) is 0 Å². The molecule has 0 saturated heterocycles. The van der Waals surface area contributed by atoms with Crippen molar-refractivity contribution >= 4 is 29.1 Å². The Labute approximate surface area is 100 Å². The van der Waals surface area contributed by atoms with Crippen LogP contribution < -0.4 is 22.8 Å². The van der Waals surface area contributed by atoms with Gasteiger partial charge in [-0.3, -0.25) is 4.79 Å². The van der Waals surface area contributed by atoms with Gasteiger partial charge in [-0.2, -0.15) is 0 Å². The fourth-order valence-electron chi connectivity index (χ4n) is 1.12. The summed E-state index contributed by atoms with van der Waals surface area (Å²) in [6.07, 6.45) is 0. The number of aromatic amines is 1. The summed E-state index contributed by atoms with van der Waals surface area (Å²) in [5, 5.41) is 0.928. The summed E-state index contributed by atoms with van der Waals surface area (Å²) in [7, 11) is 0. The topological polar surface area (TPSA) is 137 Å². The Hall–Kier alpha value is -2.22. The molecule has 7 N–H and O–H groups in total. The number of hydrogen-bond donors (Lipinski definition) is 4. The Morgan fingerprint density at radius 3 is 2.59 bits per heavy atom. The molecule has 0 aliphatic carbocycles. The third-order valence-electron chi connectivity index (χ3n) is 1.87. The highest BCUT2D eigenvalue weighted by atomic mass is 32.2. The van der Waals surface area contributed by atoms with Gasteiger partial charge in [0.2, 0.25) is 0 Å². The second kappa shape index (κ2) is 4.34. The Kier molecular flexibility index (Phi) is 2.88. The van der Waals surface area contributed by atoms with E-state index in [4.69, 9.17) is 17.2 Å². The van der Waals surface area contributed by atoms with Crippen molar-refractivity contribution in [1.29, 1.82) is 0 Å². The van der Waals surface area contributed by atoms with Gasteiger partial charge in [0, 0.05) is 6.07 Å². The normalized spacial score (nSPS) is 10.4. The van der Waals surface area contributed by atoms with Crippen LogP contribution in [0.3, 0.4) is 0 Å². The molecule has 8 heteroatoms. The number of nitrogen functional groups attached to an aromatic ring is 3. The summed E-state index contributed by atoms with van der Waals surface area (Å²) < 4.78 is 0. The van der Waals surface area contributed by atoms with Crippen molar-refractivity contribution in [2.75, 3.05) is 17.2 Å². The Balaban J connectivity index is 2.31. The van der Waals surface area contributed by atoms with Crippen LogP contribution in [0.4, 0.5) is 17.3 Å². The lowest BCUT2D eigenvalue weighted by molar-refractivity contribution is 0.941. The minimum Gasteiger partial charge on any atom is -0.396 e. The van der Waals surface area contributed by atoms with Crippen LogP contribution >= 0.6 is 11.8 Å². The Bertz CT molecular complexity index is 611. The quantitative estimate of drug-likeness (QED) is 0.553. The van der Waals surface area contributed by atoms with E-state index in [-0.39, 0.29) is 17.2 Å². The van der Waals surface area contributed by atoms with Crippen molar-refractivity contribution in [1.82, 2.24) is 15.0 Å². The van der Waals surface area contributed by atoms with E-state index in [1.54, 1.807) is 12.1 Å². The van der Waals surface area contributed by atoms with Gasteiger partial charge < -0.3 is 22.2 Å². The highest BCUT2D eigenvalue weighted by Gasteiger charge is 2.05. The third-order valence-corrected chi connectivity index (χ3v) is 2.70. The summed E-state index contributed by atoms with van der Waals surface area (Å²) in [5.41, 5.74) is 16.7. The predicted octanol–water partition coefficient (Wildman–Crippen LogP) is 0.0627. The van der Waals surface area contributed by atoms with E-state index >= 15 is 0 Å². The molecular formula is C9H10N6OS. The monoisotopic (exact) mass is 250 g/mol. The zero-order chi connectivity index (χ0) is 12.4. The maximum atomic E-state index is 11.2. The summed E-state index contributed by atoms with van der Waals surface area (Å²) in [6, 6.07) is 4.52. The largest absolute Gasteiger partial charge is 0.396 e. The van der Waals surface area contributed by atoms with Crippen LogP contribution in [0.2, 0.25) is 0 Å². The van der Waals surface area contributed by atoms with Gasteiger partial charge >= 0.3 is 0 Å². The molecule has 0 fully saturated rings. The maximum Gasteiger partial charge on any atom is 0.253 e. The molecule has 0 unspecified atom stereocenters. The molecule has 7 nitrogen and oxygen atoms in total. The molecule has 0 saturated carbocycles. The number of aromatic nitrogens is 3. The average Bonchev–Trinajstić information content (AvgIpc) is 2.22. The van der Waals surface area contributed by atoms with Crippen molar-refractivity contribution in [2.45, 2.75) is 10.2 Å². The summed E-state index contributed by atoms with van der Waals surface area (Å²) in [5.74, 6) is 0.390. The van der Waals surface area contributed by atoms with Gasteiger partial charge in [0.25, 0.3) is 5.56 Å². The number of rotatable bonds is 2. The van der Waals surface area contributed by atoms with Crippen molar-refractivity contribution in [3.05, 3.63) is 28.6 Å². The Morgan fingerprint density at radius 2 is 1.94 bits per heavy atom. The molecule has 0 bridgehead atoms. The van der Waals surface area contributed by atoms with Gasteiger partial charge in [-0.1, -0.05) is 0 Å². The van der Waals surface area contributed by atoms with Crippen LogP contribution in [0, 0.1) is 0 Å². The number of anilines is 3. The molecule has 0 radical (unpaired) electrons. The van der Waals surface area contributed by atoms with Crippen molar-refractivity contribution in [3.63, 3.8) is 0 Å². The van der Waals surface area contributed by atoms with E-state index in [0.29, 0.717) is 15.9 Å². The summed E-state index contributed by atoms with van der Waals surface area (Å²) >= 11 is 1.15. The standard InChI is InChI=1S/C9H10N6OS/c10-4-1-2-7(15-8(4)12)17-9-13-5(11)3-6(16)14-9/h1-3H,10H2,(H2,12,15)(H3,11,13,14,16). The number of nitrogens with two attached hydrogens (primary N) is 3. The number of hydrogen-bond acceptors (Lipinski definition) is 7. The zero-order valence-corrected chi connectivity index (χ0v) is 9.49. The average molecular weight is 250 g/mol. The number of H-pyrrole nitrogens is 1. The van der Waals surface area contributed by atoms with Crippen LogP contribution in [-0.4, -0.2) is 15.0 Å². The van der Waals surface area contributed by atoms with Crippen LogP contribution in [0.25, 0.3) is 0 Å². The van der Waals surface area contributed by atoms with Gasteiger partial charge in [-0.05, 0) is 23.9 Å². The predicted molar refractivity (Wildman–Crippen MR) is 66.5 cm³/mol. The number of nitrogens with one attached hydrogen (secondary N) is 1. The first-order chi connectivity index (χ1) is 8.04. The van der Waals surface area contributed by atoms with Gasteiger partial charge in [-0.15, -0.1) is 0 Å². The lowest BCUT2D eigenvalue weighted by atomic mass is 10.4. The van der Waals surface area contributed by atoms with Crippen molar-refractivity contribution in [3.8, 4) is 0 Å². The minimum absolute atomic E-state index is 0.152. The second-order valence-electron chi connectivity index (χ2n) is 3.20. The molecule has 0 amide bonds. The van der Waals surface area contributed by atoms with Crippen LogP contribution in [0.15, 0.2) is 33.2 Å². The molecule has 2 aromatic rings. The first kappa shape index (κ1) is 11.3. The van der Waals surface area contributed by atoms with E-state index in [2.05, 4.69) is 15.0 Å². The summed E-state index contributed by atoms with van der Waals surface area (Å²) in [6.45, 7) is 0. The molecule has 0 spiro atoms. The molecular weight excluding hydrogens is 240 g/mol. The van der Waals surface area contributed by atoms with Gasteiger partial charge in [0.1, 0.15) is 16.7 Å². The lowest BCUT2D eigenvalue weighted by Crippen LogP contribution is -2.09. The van der Waals surface area contributed by atoms with Crippen molar-refractivity contribution in [2.24, 2.45) is 0 Å². The molecule has 0 aromatic carbocycles. The van der Waals surface area contributed by atoms with E-state index in [1.165, 1.54) is 6.07 Å². The molecule has 17 heavy (non-hydrogen) atoms. The molecule has 88 valence electrons. The molecule has 2 rings (SSSR count). The fraction of sp³-hybridized carbons (Fsp3) is 0. The molecule has 0 aliphatic heterocycles. The fourth-order valence-corrected chi connectivity index (χ4v) is 1.91. The molecule has 2 aromatic heterocycles. The molecule has 2 heterocycles. The zero-order valence-electron chi connectivity index (χ0n) is 8.68. The highest BCUT2D eigenvalue weighted by molar-refractivity contribution is 7.99. The third kappa shape index (κ3) is 2.67. The van der Waals surface area contributed by atoms with Crippen LogP contribution in [-0.2, 0) is 0 Å². The highest BCUT2D eigenvalue weighted by Crippen LogP contribution is 2.24. The van der Waals surface area contributed by atoms with E-state index < -0.39 is 0 Å². The first-order valence-corrected chi connectivity index (χ1v) is 5.43. The number of pyridine rings is 1. The van der Waals surface area contributed by atoms with Crippen molar-refractivity contribution < 1.29 is 0 Å².